The lowest BCUT2D eigenvalue weighted by Gasteiger charge is -2.19. The van der Waals surface area contributed by atoms with Crippen molar-refractivity contribution in [2.45, 2.75) is 32.8 Å². The fourth-order valence-electron chi connectivity index (χ4n) is 0.770. The summed E-state index contributed by atoms with van der Waals surface area (Å²) < 4.78 is 5.05. The molecule has 0 aromatic carbocycles. The highest BCUT2D eigenvalue weighted by atomic mass is 35.5. The van der Waals surface area contributed by atoms with Crippen molar-refractivity contribution in [2.24, 2.45) is 0 Å². The number of nitrogens with one attached hydrogen (secondary N) is 2. The van der Waals surface area contributed by atoms with Gasteiger partial charge in [0.25, 0.3) is 0 Å². The Hall–Kier alpha value is -0.480. The molecule has 2 N–H and O–H groups in total. The second-order valence-corrected chi connectivity index (χ2v) is 3.89. The van der Waals surface area contributed by atoms with E-state index in [1.54, 1.807) is 0 Å². The van der Waals surface area contributed by atoms with Gasteiger partial charge in [-0.1, -0.05) is 0 Å². The summed E-state index contributed by atoms with van der Waals surface area (Å²) in [5.41, 5.74) is -0.410. The first kappa shape index (κ1) is 16.0. The largest absolute Gasteiger partial charge is 0.444 e. The molecule has 14 heavy (non-hydrogen) atoms. The van der Waals surface area contributed by atoms with Crippen LogP contribution in [0.3, 0.4) is 0 Å². The quantitative estimate of drug-likeness (QED) is 0.713. The van der Waals surface area contributed by atoms with Gasteiger partial charge in [0, 0.05) is 6.54 Å². The smallest absolute Gasteiger partial charge is 0.407 e. The standard InChI is InChI=1S/C9H20N2O2.ClH/c1-9(2,3)13-8(12)11-7-5-6-10-4;/h10H,5-7H2,1-4H3,(H,11,12);1H. The molecule has 0 atom stereocenters. The van der Waals surface area contributed by atoms with Crippen molar-refractivity contribution >= 4 is 18.5 Å². The van der Waals surface area contributed by atoms with E-state index in [1.807, 2.05) is 27.8 Å². The van der Waals surface area contributed by atoms with E-state index in [1.165, 1.54) is 0 Å². The molecule has 0 aliphatic rings. The normalized spacial score (nSPS) is 10.3. The van der Waals surface area contributed by atoms with Gasteiger partial charge in [-0.05, 0) is 40.8 Å². The van der Waals surface area contributed by atoms with Crippen LogP contribution in [0.1, 0.15) is 27.2 Å². The minimum Gasteiger partial charge on any atom is -0.444 e. The maximum absolute atomic E-state index is 11.1. The monoisotopic (exact) mass is 224 g/mol. The summed E-state index contributed by atoms with van der Waals surface area (Å²) in [4.78, 5) is 11.1. The van der Waals surface area contributed by atoms with Crippen LogP contribution in [0.4, 0.5) is 4.79 Å². The molecule has 1 amide bonds. The van der Waals surface area contributed by atoms with Crippen molar-refractivity contribution in [2.75, 3.05) is 20.1 Å². The molecular formula is C9H21ClN2O2. The molecule has 86 valence electrons. The van der Waals surface area contributed by atoms with Crippen LogP contribution in [0.15, 0.2) is 0 Å². The van der Waals surface area contributed by atoms with Gasteiger partial charge in [0.2, 0.25) is 0 Å². The van der Waals surface area contributed by atoms with Gasteiger partial charge in [-0.3, -0.25) is 0 Å². The van der Waals surface area contributed by atoms with E-state index in [0.29, 0.717) is 6.54 Å². The van der Waals surface area contributed by atoms with Crippen molar-refractivity contribution in [1.29, 1.82) is 0 Å². The van der Waals surface area contributed by atoms with Crippen LogP contribution in [0.25, 0.3) is 0 Å². The molecule has 0 aromatic rings. The Kier molecular flexibility index (Phi) is 8.99. The summed E-state index contributed by atoms with van der Waals surface area (Å²) in [6.45, 7) is 7.09. The first-order valence-corrected chi connectivity index (χ1v) is 4.57. The average Bonchev–Trinajstić information content (AvgIpc) is 1.94. The summed E-state index contributed by atoms with van der Waals surface area (Å²) in [6.07, 6.45) is 0.569. The maximum atomic E-state index is 11.1. The van der Waals surface area contributed by atoms with Crippen molar-refractivity contribution < 1.29 is 9.53 Å². The topological polar surface area (TPSA) is 50.4 Å². The predicted molar refractivity (Wildman–Crippen MR) is 60.0 cm³/mol. The molecule has 0 saturated heterocycles. The molecule has 0 bridgehead atoms. The molecule has 4 nitrogen and oxygen atoms in total. The number of ether oxygens (including phenoxy) is 1. The Balaban J connectivity index is 0. The van der Waals surface area contributed by atoms with Crippen LogP contribution in [-0.2, 0) is 4.74 Å². The maximum Gasteiger partial charge on any atom is 0.407 e. The Bertz CT molecular complexity index is 157. The summed E-state index contributed by atoms with van der Waals surface area (Å²) in [6, 6.07) is 0. The SMILES string of the molecule is CNCCCNC(=O)OC(C)(C)C.Cl. The molecule has 0 rings (SSSR count). The zero-order valence-electron chi connectivity index (χ0n) is 9.35. The van der Waals surface area contributed by atoms with Gasteiger partial charge in [-0.2, -0.15) is 0 Å². The molecule has 0 heterocycles. The van der Waals surface area contributed by atoms with Gasteiger partial charge in [0.1, 0.15) is 5.60 Å². The van der Waals surface area contributed by atoms with E-state index in [4.69, 9.17) is 4.74 Å². The van der Waals surface area contributed by atoms with Gasteiger partial charge in [0.15, 0.2) is 0 Å². The second kappa shape index (κ2) is 7.88. The van der Waals surface area contributed by atoms with E-state index < -0.39 is 5.60 Å². The lowest BCUT2D eigenvalue weighted by molar-refractivity contribution is 0.0527. The highest BCUT2D eigenvalue weighted by molar-refractivity contribution is 5.85. The summed E-state index contributed by atoms with van der Waals surface area (Å²) in [5, 5.41) is 5.67. The number of carbonyl (C=O) groups is 1. The van der Waals surface area contributed by atoms with Crippen LogP contribution < -0.4 is 10.6 Å². The fourth-order valence-corrected chi connectivity index (χ4v) is 0.770. The molecule has 0 aromatic heterocycles. The van der Waals surface area contributed by atoms with Crippen LogP contribution in [0, 0.1) is 0 Å². The molecule has 5 heteroatoms. The number of amides is 1. The molecule has 0 spiro atoms. The minimum absolute atomic E-state index is 0. The third-order valence-electron chi connectivity index (χ3n) is 1.27. The van der Waals surface area contributed by atoms with Gasteiger partial charge < -0.3 is 15.4 Å². The second-order valence-electron chi connectivity index (χ2n) is 3.89. The van der Waals surface area contributed by atoms with E-state index in [2.05, 4.69) is 10.6 Å². The van der Waals surface area contributed by atoms with Crippen LogP contribution >= 0.6 is 12.4 Å². The first-order chi connectivity index (χ1) is 5.95. The van der Waals surface area contributed by atoms with Gasteiger partial charge in [-0.25, -0.2) is 4.79 Å². The molecular weight excluding hydrogens is 204 g/mol. The molecule has 0 radical (unpaired) electrons. The number of hydrogen-bond acceptors (Lipinski definition) is 3. The number of alkyl carbamates (subject to hydrolysis) is 1. The van der Waals surface area contributed by atoms with Crippen molar-refractivity contribution in [3.05, 3.63) is 0 Å². The Morgan fingerprint density at radius 1 is 1.29 bits per heavy atom. The number of halogens is 1. The van der Waals surface area contributed by atoms with Gasteiger partial charge in [-0.15, -0.1) is 12.4 Å². The van der Waals surface area contributed by atoms with E-state index >= 15 is 0 Å². The third-order valence-corrected chi connectivity index (χ3v) is 1.27. The Labute approximate surface area is 92.2 Å². The fraction of sp³-hybridized carbons (Fsp3) is 0.889. The zero-order valence-corrected chi connectivity index (χ0v) is 10.2. The third kappa shape index (κ3) is 11.5. The average molecular weight is 225 g/mol. The molecule has 0 unspecified atom stereocenters. The summed E-state index contributed by atoms with van der Waals surface area (Å²) in [7, 11) is 1.88. The van der Waals surface area contributed by atoms with Crippen molar-refractivity contribution in [3.8, 4) is 0 Å². The first-order valence-electron chi connectivity index (χ1n) is 4.57. The van der Waals surface area contributed by atoms with Gasteiger partial charge in [0.05, 0.1) is 0 Å². The van der Waals surface area contributed by atoms with E-state index in [0.717, 1.165) is 13.0 Å². The number of hydrogen-bond donors (Lipinski definition) is 2. The summed E-state index contributed by atoms with van der Waals surface area (Å²) >= 11 is 0. The van der Waals surface area contributed by atoms with E-state index in [-0.39, 0.29) is 18.5 Å². The Morgan fingerprint density at radius 3 is 2.29 bits per heavy atom. The molecule has 0 aliphatic heterocycles. The highest BCUT2D eigenvalue weighted by Crippen LogP contribution is 2.05. The van der Waals surface area contributed by atoms with Gasteiger partial charge >= 0.3 is 6.09 Å². The Morgan fingerprint density at radius 2 is 1.86 bits per heavy atom. The summed E-state index contributed by atoms with van der Waals surface area (Å²) in [5.74, 6) is 0. The zero-order chi connectivity index (χ0) is 10.3. The predicted octanol–water partition coefficient (Wildman–Crippen LogP) is 1.54. The van der Waals surface area contributed by atoms with Crippen LogP contribution in [0.5, 0.6) is 0 Å². The number of carbonyl (C=O) groups excluding carboxylic acids is 1. The van der Waals surface area contributed by atoms with Crippen LogP contribution in [-0.4, -0.2) is 31.8 Å². The van der Waals surface area contributed by atoms with Crippen molar-refractivity contribution in [1.82, 2.24) is 10.6 Å². The number of rotatable bonds is 4. The minimum atomic E-state index is -0.410. The lowest BCUT2D eigenvalue weighted by Crippen LogP contribution is -2.33. The molecule has 0 fully saturated rings. The highest BCUT2D eigenvalue weighted by Gasteiger charge is 2.15. The van der Waals surface area contributed by atoms with E-state index in [9.17, 15) is 4.79 Å². The lowest BCUT2D eigenvalue weighted by atomic mass is 10.2. The van der Waals surface area contributed by atoms with Crippen molar-refractivity contribution in [3.63, 3.8) is 0 Å². The molecule has 0 aliphatic carbocycles. The molecule has 0 saturated carbocycles. The van der Waals surface area contributed by atoms with Crippen LogP contribution in [0.2, 0.25) is 0 Å².